The minimum atomic E-state index is -0.185. The molecule has 8 heteroatoms. The third kappa shape index (κ3) is 5.69. The van der Waals surface area contributed by atoms with Crippen molar-refractivity contribution in [2.45, 2.75) is 6.42 Å². The Balaban J connectivity index is 1.36. The maximum absolute atomic E-state index is 13.0. The SMILES string of the molecule is CN(C(=O)CCN1CCNCC1)c1ccc(N/C(=C2\C(=O)Nc3cc(Cl)ccc32)c2ccccc2)cc1. The Morgan fingerprint density at radius 1 is 1.03 bits per heavy atom. The summed E-state index contributed by atoms with van der Waals surface area (Å²) in [5, 5.41) is 10.3. The number of hydrogen-bond donors (Lipinski definition) is 3. The van der Waals surface area contributed by atoms with E-state index in [9.17, 15) is 9.59 Å². The van der Waals surface area contributed by atoms with E-state index >= 15 is 0 Å². The molecule has 7 nitrogen and oxygen atoms in total. The van der Waals surface area contributed by atoms with Crippen LogP contribution in [-0.2, 0) is 9.59 Å². The van der Waals surface area contributed by atoms with Crippen LogP contribution in [-0.4, -0.2) is 56.5 Å². The van der Waals surface area contributed by atoms with Gasteiger partial charge in [-0.25, -0.2) is 0 Å². The standard InChI is InChI=1S/C29H30ClN5O2/c1-34(26(36)13-16-35-17-14-31-15-18-35)23-10-8-22(9-11-23)32-28(20-5-3-2-4-6-20)27-24-12-7-21(30)19-25(24)33-29(27)37/h2-12,19,31-32H,13-18H2,1H3,(H,33,37)/b28-27-. The van der Waals surface area contributed by atoms with Gasteiger partial charge >= 0.3 is 0 Å². The second-order valence-corrected chi connectivity index (χ2v) is 9.66. The van der Waals surface area contributed by atoms with Crippen molar-refractivity contribution < 1.29 is 9.59 Å². The Morgan fingerprint density at radius 2 is 1.76 bits per heavy atom. The third-order valence-electron chi connectivity index (χ3n) is 6.79. The maximum Gasteiger partial charge on any atom is 0.258 e. The largest absolute Gasteiger partial charge is 0.354 e. The molecular weight excluding hydrogens is 486 g/mol. The van der Waals surface area contributed by atoms with Crippen molar-refractivity contribution in [3.05, 3.63) is 88.9 Å². The summed E-state index contributed by atoms with van der Waals surface area (Å²) in [5.41, 5.74) is 5.27. The molecule has 0 unspecified atom stereocenters. The molecule has 2 aliphatic rings. The van der Waals surface area contributed by atoms with Gasteiger partial charge in [-0.2, -0.15) is 0 Å². The number of halogens is 1. The molecule has 2 heterocycles. The van der Waals surface area contributed by atoms with Gasteiger partial charge in [0.2, 0.25) is 5.91 Å². The predicted octanol–water partition coefficient (Wildman–Crippen LogP) is 4.53. The fourth-order valence-electron chi connectivity index (χ4n) is 4.69. The van der Waals surface area contributed by atoms with E-state index in [1.165, 1.54) is 0 Å². The van der Waals surface area contributed by atoms with Gasteiger partial charge in [0.25, 0.3) is 5.91 Å². The number of piperazine rings is 1. The lowest BCUT2D eigenvalue weighted by Gasteiger charge is -2.27. The molecule has 3 N–H and O–H groups in total. The van der Waals surface area contributed by atoms with Gasteiger partial charge in [-0.05, 0) is 42.0 Å². The van der Waals surface area contributed by atoms with Crippen LogP contribution in [0.1, 0.15) is 17.5 Å². The summed E-state index contributed by atoms with van der Waals surface area (Å²) in [4.78, 5) is 29.9. The molecule has 2 amide bonds. The van der Waals surface area contributed by atoms with Gasteiger partial charge in [0.05, 0.1) is 17.0 Å². The number of carbonyl (C=O) groups is 2. The van der Waals surface area contributed by atoms with E-state index in [-0.39, 0.29) is 11.8 Å². The van der Waals surface area contributed by atoms with Gasteiger partial charge < -0.3 is 25.8 Å². The molecule has 0 atom stereocenters. The number of amides is 2. The lowest BCUT2D eigenvalue weighted by atomic mass is 10.00. The second-order valence-electron chi connectivity index (χ2n) is 9.23. The predicted molar refractivity (Wildman–Crippen MR) is 151 cm³/mol. The molecule has 37 heavy (non-hydrogen) atoms. The third-order valence-corrected chi connectivity index (χ3v) is 7.02. The first-order valence-corrected chi connectivity index (χ1v) is 12.8. The molecular formula is C29H30ClN5O2. The Kier molecular flexibility index (Phi) is 7.55. The summed E-state index contributed by atoms with van der Waals surface area (Å²) < 4.78 is 0. The van der Waals surface area contributed by atoms with Crippen LogP contribution in [0.3, 0.4) is 0 Å². The van der Waals surface area contributed by atoms with Crippen molar-refractivity contribution in [1.29, 1.82) is 0 Å². The van der Waals surface area contributed by atoms with E-state index in [2.05, 4.69) is 20.9 Å². The summed E-state index contributed by atoms with van der Waals surface area (Å²) in [6.45, 7) is 4.67. The number of hydrogen-bond acceptors (Lipinski definition) is 5. The number of nitrogens with zero attached hydrogens (tertiary/aromatic N) is 2. The van der Waals surface area contributed by atoms with E-state index in [1.54, 1.807) is 17.0 Å². The van der Waals surface area contributed by atoms with Crippen LogP contribution in [0, 0.1) is 0 Å². The number of fused-ring (bicyclic) bond motifs is 1. The van der Waals surface area contributed by atoms with E-state index in [0.717, 1.165) is 55.2 Å². The Labute approximate surface area is 222 Å². The molecule has 3 aromatic rings. The van der Waals surface area contributed by atoms with Crippen molar-refractivity contribution in [3.8, 4) is 0 Å². The summed E-state index contributed by atoms with van der Waals surface area (Å²) >= 11 is 6.15. The summed E-state index contributed by atoms with van der Waals surface area (Å²) in [6.07, 6.45) is 0.485. The van der Waals surface area contributed by atoms with Crippen LogP contribution in [0.4, 0.5) is 17.1 Å². The highest BCUT2D eigenvalue weighted by Crippen LogP contribution is 2.38. The van der Waals surface area contributed by atoms with Crippen LogP contribution >= 0.6 is 11.6 Å². The van der Waals surface area contributed by atoms with Crippen molar-refractivity contribution >= 4 is 51.7 Å². The number of anilines is 3. The van der Waals surface area contributed by atoms with Gasteiger partial charge in [0, 0.05) is 68.2 Å². The Hall–Kier alpha value is -3.65. The minimum Gasteiger partial charge on any atom is -0.354 e. The zero-order chi connectivity index (χ0) is 25.8. The topological polar surface area (TPSA) is 76.7 Å². The first kappa shape index (κ1) is 25.0. The second kappa shape index (κ2) is 11.2. The van der Waals surface area contributed by atoms with Crippen molar-refractivity contribution in [2.75, 3.05) is 55.3 Å². The summed E-state index contributed by atoms with van der Waals surface area (Å²) in [7, 11) is 1.81. The maximum atomic E-state index is 13.0. The number of nitrogens with one attached hydrogen (secondary N) is 3. The molecule has 1 fully saturated rings. The van der Waals surface area contributed by atoms with E-state index < -0.39 is 0 Å². The highest BCUT2D eigenvalue weighted by molar-refractivity contribution is 6.38. The van der Waals surface area contributed by atoms with Gasteiger partial charge in [-0.1, -0.05) is 48.0 Å². The van der Waals surface area contributed by atoms with Gasteiger partial charge in [-0.3, -0.25) is 9.59 Å². The Bertz CT molecular complexity index is 1320. The molecule has 0 spiro atoms. The average Bonchev–Trinajstić information content (AvgIpc) is 3.25. The van der Waals surface area contributed by atoms with Gasteiger partial charge in [0.15, 0.2) is 0 Å². The summed E-state index contributed by atoms with van der Waals surface area (Å²) in [6, 6.07) is 22.9. The zero-order valence-corrected chi connectivity index (χ0v) is 21.5. The van der Waals surface area contributed by atoms with Gasteiger partial charge in [-0.15, -0.1) is 0 Å². The van der Waals surface area contributed by atoms with Crippen molar-refractivity contribution in [1.82, 2.24) is 10.2 Å². The molecule has 0 saturated carbocycles. The zero-order valence-electron chi connectivity index (χ0n) is 20.8. The lowest BCUT2D eigenvalue weighted by molar-refractivity contribution is -0.118. The highest BCUT2D eigenvalue weighted by atomic mass is 35.5. The molecule has 5 rings (SSSR count). The van der Waals surface area contributed by atoms with E-state index in [1.807, 2.05) is 67.7 Å². The van der Waals surface area contributed by atoms with Crippen LogP contribution in [0.2, 0.25) is 5.02 Å². The quantitative estimate of drug-likeness (QED) is 0.403. The van der Waals surface area contributed by atoms with Crippen molar-refractivity contribution in [2.24, 2.45) is 0 Å². The number of rotatable bonds is 7. The number of benzene rings is 3. The van der Waals surface area contributed by atoms with Crippen LogP contribution in [0.5, 0.6) is 0 Å². The van der Waals surface area contributed by atoms with Crippen LogP contribution in [0.15, 0.2) is 72.8 Å². The first-order chi connectivity index (χ1) is 18.0. The fourth-order valence-corrected chi connectivity index (χ4v) is 4.86. The normalized spacial score (nSPS) is 16.6. The lowest BCUT2D eigenvalue weighted by Crippen LogP contribution is -2.44. The molecule has 0 aromatic heterocycles. The molecule has 0 aliphatic carbocycles. The molecule has 190 valence electrons. The van der Waals surface area contributed by atoms with Crippen LogP contribution < -0.4 is 20.9 Å². The first-order valence-electron chi connectivity index (χ1n) is 12.5. The van der Waals surface area contributed by atoms with Gasteiger partial charge in [0.1, 0.15) is 0 Å². The van der Waals surface area contributed by atoms with E-state index in [4.69, 9.17) is 11.6 Å². The molecule has 0 bridgehead atoms. The molecule has 0 radical (unpaired) electrons. The average molecular weight is 516 g/mol. The minimum absolute atomic E-state index is 0.0872. The molecule has 2 aliphatic heterocycles. The number of carbonyl (C=O) groups excluding carboxylic acids is 2. The van der Waals surface area contributed by atoms with Crippen LogP contribution in [0.25, 0.3) is 11.3 Å². The molecule has 1 saturated heterocycles. The fraction of sp³-hybridized carbons (Fsp3) is 0.241. The summed E-state index contributed by atoms with van der Waals surface area (Å²) in [5.74, 6) is -0.0979. The monoisotopic (exact) mass is 515 g/mol. The smallest absolute Gasteiger partial charge is 0.258 e. The van der Waals surface area contributed by atoms with E-state index in [0.29, 0.717) is 28.4 Å². The highest BCUT2D eigenvalue weighted by Gasteiger charge is 2.28. The van der Waals surface area contributed by atoms with Crippen molar-refractivity contribution in [3.63, 3.8) is 0 Å². The Morgan fingerprint density at radius 3 is 2.49 bits per heavy atom. The molecule has 3 aromatic carbocycles.